The van der Waals surface area contributed by atoms with Crippen molar-refractivity contribution in [2.75, 3.05) is 11.9 Å². The number of rotatable bonds is 5. The third kappa shape index (κ3) is 3.69. The highest BCUT2D eigenvalue weighted by molar-refractivity contribution is 9.10. The fourth-order valence-corrected chi connectivity index (χ4v) is 2.35. The first kappa shape index (κ1) is 15.2. The van der Waals surface area contributed by atoms with E-state index in [9.17, 15) is 9.59 Å². The van der Waals surface area contributed by atoms with Crippen LogP contribution >= 0.6 is 15.9 Å². The zero-order chi connectivity index (χ0) is 15.4. The topological polar surface area (TPSA) is 90.0 Å². The lowest BCUT2D eigenvalue weighted by Crippen LogP contribution is -2.21. The van der Waals surface area contributed by atoms with Crippen LogP contribution in [0.4, 0.5) is 5.69 Å². The summed E-state index contributed by atoms with van der Waals surface area (Å²) in [5.41, 5.74) is 7.17. The Kier molecular flexibility index (Phi) is 4.74. The van der Waals surface area contributed by atoms with Crippen molar-refractivity contribution in [2.24, 2.45) is 12.8 Å². The molecular weight excluding hydrogens is 336 g/mol. The van der Waals surface area contributed by atoms with E-state index in [0.29, 0.717) is 28.7 Å². The lowest BCUT2D eigenvalue weighted by molar-refractivity contribution is 0.1000. The van der Waals surface area contributed by atoms with Crippen molar-refractivity contribution in [3.05, 3.63) is 56.4 Å². The van der Waals surface area contributed by atoms with E-state index in [-0.39, 0.29) is 5.56 Å². The summed E-state index contributed by atoms with van der Waals surface area (Å²) in [6.07, 6.45) is 2.29. The summed E-state index contributed by atoms with van der Waals surface area (Å²) in [6.45, 7) is 0.607. The van der Waals surface area contributed by atoms with Crippen LogP contribution in [0.3, 0.4) is 0 Å². The van der Waals surface area contributed by atoms with Gasteiger partial charge in [-0.05, 0) is 40.0 Å². The van der Waals surface area contributed by atoms with Crippen molar-refractivity contribution >= 4 is 27.5 Å². The minimum absolute atomic E-state index is 0.198. The number of carbonyl (C=O) groups excluding carboxylic acids is 1. The van der Waals surface area contributed by atoms with Crippen molar-refractivity contribution in [3.63, 3.8) is 0 Å². The van der Waals surface area contributed by atoms with Gasteiger partial charge in [0.05, 0.1) is 11.9 Å². The standard InChI is InChI=1S/C14H15BrN4O2/c1-19-14(21)12(15)11(8-18-19)17-6-5-9-3-2-4-10(7-9)13(16)20/h2-4,7-8,17H,5-6H2,1H3,(H2,16,20). The van der Waals surface area contributed by atoms with E-state index in [1.807, 2.05) is 6.07 Å². The second-order valence-corrected chi connectivity index (χ2v) is 5.34. The largest absolute Gasteiger partial charge is 0.382 e. The van der Waals surface area contributed by atoms with Crippen LogP contribution in [0.25, 0.3) is 0 Å². The highest BCUT2D eigenvalue weighted by Crippen LogP contribution is 2.16. The molecule has 1 aromatic heterocycles. The van der Waals surface area contributed by atoms with E-state index in [2.05, 4.69) is 26.3 Å². The molecule has 0 radical (unpaired) electrons. The Labute approximate surface area is 130 Å². The fraction of sp³-hybridized carbons (Fsp3) is 0.214. The normalized spacial score (nSPS) is 10.4. The number of hydrogen-bond acceptors (Lipinski definition) is 4. The number of amides is 1. The summed E-state index contributed by atoms with van der Waals surface area (Å²) in [6, 6.07) is 7.17. The molecule has 0 atom stereocenters. The summed E-state index contributed by atoms with van der Waals surface area (Å²) in [7, 11) is 1.59. The van der Waals surface area contributed by atoms with E-state index >= 15 is 0 Å². The average molecular weight is 351 g/mol. The molecule has 0 bridgehead atoms. The van der Waals surface area contributed by atoms with Crippen LogP contribution in [0.15, 0.2) is 39.7 Å². The van der Waals surface area contributed by atoms with Crippen LogP contribution in [0.2, 0.25) is 0 Å². The van der Waals surface area contributed by atoms with Crippen LogP contribution in [-0.2, 0) is 13.5 Å². The summed E-state index contributed by atoms with van der Waals surface area (Å²) in [5, 5.41) is 7.09. The third-order valence-corrected chi connectivity index (χ3v) is 3.79. The van der Waals surface area contributed by atoms with Crippen LogP contribution in [0.1, 0.15) is 15.9 Å². The molecule has 3 N–H and O–H groups in total. The van der Waals surface area contributed by atoms with Gasteiger partial charge in [-0.15, -0.1) is 0 Å². The minimum atomic E-state index is -0.441. The number of halogens is 1. The summed E-state index contributed by atoms with van der Waals surface area (Å²) < 4.78 is 1.71. The molecular formula is C14H15BrN4O2. The second-order valence-electron chi connectivity index (χ2n) is 4.54. The maximum absolute atomic E-state index is 11.7. The van der Waals surface area contributed by atoms with Crippen molar-refractivity contribution in [2.45, 2.75) is 6.42 Å². The number of primary amides is 1. The predicted octanol–water partition coefficient (Wildman–Crippen LogP) is 1.30. The van der Waals surface area contributed by atoms with Gasteiger partial charge in [0.1, 0.15) is 4.47 Å². The number of carbonyl (C=O) groups is 1. The van der Waals surface area contributed by atoms with Crippen molar-refractivity contribution in [3.8, 4) is 0 Å². The molecule has 6 nitrogen and oxygen atoms in total. The molecule has 0 aliphatic rings. The highest BCUT2D eigenvalue weighted by atomic mass is 79.9. The fourth-order valence-electron chi connectivity index (χ4n) is 1.86. The molecule has 0 fully saturated rings. The number of anilines is 1. The van der Waals surface area contributed by atoms with Gasteiger partial charge in [-0.1, -0.05) is 12.1 Å². The Bertz CT molecular complexity index is 727. The quantitative estimate of drug-likeness (QED) is 0.850. The van der Waals surface area contributed by atoms with E-state index in [1.165, 1.54) is 4.68 Å². The molecule has 1 amide bonds. The Morgan fingerprint density at radius 1 is 1.48 bits per heavy atom. The first-order valence-electron chi connectivity index (χ1n) is 6.33. The number of nitrogens with zero attached hydrogens (tertiary/aromatic N) is 2. The number of aryl methyl sites for hydroxylation is 1. The molecule has 21 heavy (non-hydrogen) atoms. The van der Waals surface area contributed by atoms with Gasteiger partial charge in [-0.3, -0.25) is 9.59 Å². The Morgan fingerprint density at radius 3 is 2.95 bits per heavy atom. The molecule has 1 heterocycles. The smallest absolute Gasteiger partial charge is 0.282 e. The molecule has 0 saturated heterocycles. The first-order chi connectivity index (χ1) is 9.99. The predicted molar refractivity (Wildman–Crippen MR) is 84.3 cm³/mol. The Morgan fingerprint density at radius 2 is 2.24 bits per heavy atom. The van der Waals surface area contributed by atoms with Gasteiger partial charge in [-0.25, -0.2) is 4.68 Å². The van der Waals surface area contributed by atoms with E-state index in [0.717, 1.165) is 5.56 Å². The molecule has 0 aliphatic heterocycles. The van der Waals surface area contributed by atoms with Gasteiger partial charge in [0, 0.05) is 19.2 Å². The van der Waals surface area contributed by atoms with Crippen molar-refractivity contribution in [1.29, 1.82) is 0 Å². The van der Waals surface area contributed by atoms with Gasteiger partial charge < -0.3 is 11.1 Å². The molecule has 110 valence electrons. The maximum atomic E-state index is 11.7. The molecule has 1 aromatic carbocycles. The molecule has 2 aromatic rings. The van der Waals surface area contributed by atoms with E-state index < -0.39 is 5.91 Å². The van der Waals surface area contributed by atoms with Gasteiger partial charge in [0.2, 0.25) is 5.91 Å². The molecule has 0 aliphatic carbocycles. The minimum Gasteiger partial charge on any atom is -0.382 e. The zero-order valence-corrected chi connectivity index (χ0v) is 13.1. The van der Waals surface area contributed by atoms with E-state index in [1.54, 1.807) is 31.4 Å². The molecule has 7 heteroatoms. The SMILES string of the molecule is Cn1ncc(NCCc2cccc(C(N)=O)c2)c(Br)c1=O. The van der Waals surface area contributed by atoms with Crippen LogP contribution in [-0.4, -0.2) is 22.2 Å². The third-order valence-electron chi connectivity index (χ3n) is 3.02. The van der Waals surface area contributed by atoms with Gasteiger partial charge >= 0.3 is 0 Å². The average Bonchev–Trinajstić information content (AvgIpc) is 2.47. The molecule has 0 spiro atoms. The second kappa shape index (κ2) is 6.53. The number of hydrogen-bond donors (Lipinski definition) is 2. The lowest BCUT2D eigenvalue weighted by atomic mass is 10.1. The van der Waals surface area contributed by atoms with Crippen LogP contribution < -0.4 is 16.6 Å². The number of nitrogens with two attached hydrogens (primary N) is 1. The van der Waals surface area contributed by atoms with Gasteiger partial charge in [-0.2, -0.15) is 5.10 Å². The zero-order valence-electron chi connectivity index (χ0n) is 11.5. The number of benzene rings is 1. The summed E-state index contributed by atoms with van der Waals surface area (Å²) in [5.74, 6) is -0.441. The maximum Gasteiger partial charge on any atom is 0.282 e. The molecule has 0 saturated carbocycles. The molecule has 0 unspecified atom stereocenters. The van der Waals surface area contributed by atoms with Crippen molar-refractivity contribution < 1.29 is 4.79 Å². The van der Waals surface area contributed by atoms with Crippen LogP contribution in [0, 0.1) is 0 Å². The molecule has 2 rings (SSSR count). The Hall–Kier alpha value is -2.15. The summed E-state index contributed by atoms with van der Waals surface area (Å²) in [4.78, 5) is 22.8. The highest BCUT2D eigenvalue weighted by Gasteiger charge is 2.06. The number of aromatic nitrogens is 2. The Balaban J connectivity index is 2.02. The lowest BCUT2D eigenvalue weighted by Gasteiger charge is -2.09. The monoisotopic (exact) mass is 350 g/mol. The number of nitrogens with one attached hydrogen (secondary N) is 1. The first-order valence-corrected chi connectivity index (χ1v) is 7.13. The van der Waals surface area contributed by atoms with Crippen molar-refractivity contribution in [1.82, 2.24) is 9.78 Å². The van der Waals surface area contributed by atoms with Gasteiger partial charge in [0.25, 0.3) is 5.56 Å². The van der Waals surface area contributed by atoms with Crippen LogP contribution in [0.5, 0.6) is 0 Å². The van der Waals surface area contributed by atoms with E-state index in [4.69, 9.17) is 5.73 Å². The van der Waals surface area contributed by atoms with Gasteiger partial charge in [0.15, 0.2) is 0 Å². The summed E-state index contributed by atoms with van der Waals surface area (Å²) >= 11 is 3.25.